The van der Waals surface area contributed by atoms with E-state index in [1.54, 1.807) is 17.5 Å². The largest absolute Gasteiger partial charge is 0.317 e. The van der Waals surface area contributed by atoms with Gasteiger partial charge in [0.1, 0.15) is 4.34 Å². The van der Waals surface area contributed by atoms with Gasteiger partial charge < -0.3 is 5.32 Å². The van der Waals surface area contributed by atoms with Gasteiger partial charge in [-0.25, -0.2) is 4.98 Å². The minimum atomic E-state index is 0.642. The van der Waals surface area contributed by atoms with Crippen LogP contribution in [-0.2, 0) is 0 Å². The average Bonchev–Trinajstić information content (AvgIpc) is 2.54. The Morgan fingerprint density at radius 2 is 2.25 bits per heavy atom. The van der Waals surface area contributed by atoms with Gasteiger partial charge in [-0.1, -0.05) is 11.6 Å². The second-order valence-electron chi connectivity index (χ2n) is 3.03. The minimum Gasteiger partial charge on any atom is -0.317 e. The molecule has 0 atom stereocenters. The standard InChI is InChI=1S/C8H11ClN2S/c9-7-5-11-8(12-7)6-1-3-10-4-2-6/h5-6,10H,1-4H2. The summed E-state index contributed by atoms with van der Waals surface area (Å²) in [4.78, 5) is 4.30. The predicted octanol–water partition coefficient (Wildman–Crippen LogP) is 2.26. The van der Waals surface area contributed by atoms with Crippen molar-refractivity contribution in [2.45, 2.75) is 18.8 Å². The second-order valence-corrected chi connectivity index (χ2v) is 4.72. The van der Waals surface area contributed by atoms with Crippen molar-refractivity contribution in [1.29, 1.82) is 0 Å². The Balaban J connectivity index is 2.08. The average molecular weight is 203 g/mol. The third-order valence-electron chi connectivity index (χ3n) is 2.18. The molecule has 2 nitrogen and oxygen atoms in total. The van der Waals surface area contributed by atoms with Crippen LogP contribution in [0.5, 0.6) is 0 Å². The number of thiazole rings is 1. The molecule has 0 aliphatic carbocycles. The fourth-order valence-corrected chi connectivity index (χ4v) is 2.62. The highest BCUT2D eigenvalue weighted by Gasteiger charge is 2.17. The lowest BCUT2D eigenvalue weighted by Crippen LogP contribution is -2.26. The Bertz CT molecular complexity index is 255. The fourth-order valence-electron chi connectivity index (χ4n) is 1.52. The molecule has 1 aliphatic rings. The summed E-state index contributed by atoms with van der Waals surface area (Å²) < 4.78 is 0.809. The van der Waals surface area contributed by atoms with E-state index in [9.17, 15) is 0 Å². The predicted molar refractivity (Wildman–Crippen MR) is 52.0 cm³/mol. The van der Waals surface area contributed by atoms with E-state index in [4.69, 9.17) is 11.6 Å². The van der Waals surface area contributed by atoms with Crippen LogP contribution in [0.25, 0.3) is 0 Å². The summed E-state index contributed by atoms with van der Waals surface area (Å²) in [5.41, 5.74) is 0. The molecule has 1 aromatic rings. The van der Waals surface area contributed by atoms with Gasteiger partial charge in [0.2, 0.25) is 0 Å². The number of halogens is 1. The maximum Gasteiger partial charge on any atom is 0.113 e. The van der Waals surface area contributed by atoms with Crippen molar-refractivity contribution in [3.63, 3.8) is 0 Å². The summed E-state index contributed by atoms with van der Waals surface area (Å²) in [5, 5.41) is 4.54. The summed E-state index contributed by atoms with van der Waals surface area (Å²) in [7, 11) is 0. The summed E-state index contributed by atoms with van der Waals surface area (Å²) in [6.07, 6.45) is 4.15. The second kappa shape index (κ2) is 3.73. The molecule has 0 spiro atoms. The molecule has 0 amide bonds. The Hall–Kier alpha value is -0.120. The highest BCUT2D eigenvalue weighted by atomic mass is 35.5. The smallest absolute Gasteiger partial charge is 0.113 e. The van der Waals surface area contributed by atoms with E-state index in [0.717, 1.165) is 17.4 Å². The summed E-state index contributed by atoms with van der Waals surface area (Å²) in [6.45, 7) is 2.23. The molecule has 0 bridgehead atoms. The van der Waals surface area contributed by atoms with Gasteiger partial charge in [-0.2, -0.15) is 0 Å². The molecule has 4 heteroatoms. The Labute approximate surface area is 81.0 Å². The normalized spacial score (nSPS) is 19.8. The van der Waals surface area contributed by atoms with Gasteiger partial charge in [-0.05, 0) is 25.9 Å². The van der Waals surface area contributed by atoms with Gasteiger partial charge >= 0.3 is 0 Å². The van der Waals surface area contributed by atoms with Gasteiger partial charge in [0.15, 0.2) is 0 Å². The van der Waals surface area contributed by atoms with Crippen molar-refractivity contribution in [2.24, 2.45) is 0 Å². The molecule has 0 unspecified atom stereocenters. The van der Waals surface area contributed by atoms with E-state index < -0.39 is 0 Å². The monoisotopic (exact) mass is 202 g/mol. The molecule has 0 radical (unpaired) electrons. The Morgan fingerprint density at radius 1 is 1.50 bits per heavy atom. The molecule has 66 valence electrons. The lowest BCUT2D eigenvalue weighted by molar-refractivity contribution is 0.459. The zero-order chi connectivity index (χ0) is 8.39. The first-order valence-electron chi connectivity index (χ1n) is 4.18. The highest BCUT2D eigenvalue weighted by Crippen LogP contribution is 2.30. The van der Waals surface area contributed by atoms with Crippen LogP contribution in [-0.4, -0.2) is 18.1 Å². The molecule has 0 aromatic carbocycles. The van der Waals surface area contributed by atoms with Gasteiger partial charge in [0.25, 0.3) is 0 Å². The first-order valence-corrected chi connectivity index (χ1v) is 5.37. The number of aromatic nitrogens is 1. The maximum absolute atomic E-state index is 5.82. The molecule has 1 aliphatic heterocycles. The molecule has 1 fully saturated rings. The van der Waals surface area contributed by atoms with E-state index >= 15 is 0 Å². The van der Waals surface area contributed by atoms with Crippen LogP contribution in [0.15, 0.2) is 6.20 Å². The lowest BCUT2D eigenvalue weighted by atomic mass is 9.99. The number of hydrogen-bond donors (Lipinski definition) is 1. The van der Waals surface area contributed by atoms with Crippen LogP contribution in [0.3, 0.4) is 0 Å². The van der Waals surface area contributed by atoms with Crippen molar-refractivity contribution >= 4 is 22.9 Å². The molecule has 2 heterocycles. The molecule has 0 saturated carbocycles. The summed E-state index contributed by atoms with van der Waals surface area (Å²) >= 11 is 7.44. The van der Waals surface area contributed by atoms with Gasteiger partial charge in [-0.3, -0.25) is 0 Å². The van der Waals surface area contributed by atoms with Gasteiger partial charge in [-0.15, -0.1) is 11.3 Å². The van der Waals surface area contributed by atoms with E-state index in [1.807, 2.05) is 0 Å². The minimum absolute atomic E-state index is 0.642. The summed E-state index contributed by atoms with van der Waals surface area (Å²) in [6, 6.07) is 0. The number of piperidine rings is 1. The fraction of sp³-hybridized carbons (Fsp3) is 0.625. The Morgan fingerprint density at radius 3 is 2.83 bits per heavy atom. The first kappa shape index (κ1) is 8.48. The van der Waals surface area contributed by atoms with Crippen LogP contribution in [0.2, 0.25) is 4.34 Å². The van der Waals surface area contributed by atoms with Gasteiger partial charge in [0, 0.05) is 5.92 Å². The number of nitrogens with one attached hydrogen (secondary N) is 1. The van der Waals surface area contributed by atoms with Crippen LogP contribution in [0, 0.1) is 0 Å². The molecular weight excluding hydrogens is 192 g/mol. The first-order chi connectivity index (χ1) is 5.86. The van der Waals surface area contributed by atoms with Gasteiger partial charge in [0.05, 0.1) is 11.2 Å². The van der Waals surface area contributed by atoms with Crippen molar-refractivity contribution in [3.8, 4) is 0 Å². The van der Waals surface area contributed by atoms with E-state index in [-0.39, 0.29) is 0 Å². The topological polar surface area (TPSA) is 24.9 Å². The number of rotatable bonds is 1. The van der Waals surface area contributed by atoms with Crippen molar-refractivity contribution in [1.82, 2.24) is 10.3 Å². The van der Waals surface area contributed by atoms with E-state index in [2.05, 4.69) is 10.3 Å². The number of hydrogen-bond acceptors (Lipinski definition) is 3. The highest BCUT2D eigenvalue weighted by molar-refractivity contribution is 7.15. The van der Waals surface area contributed by atoms with E-state index in [1.165, 1.54) is 17.8 Å². The maximum atomic E-state index is 5.82. The third-order valence-corrected chi connectivity index (χ3v) is 3.46. The SMILES string of the molecule is Clc1cnc(C2CCNCC2)s1. The third kappa shape index (κ3) is 1.79. The van der Waals surface area contributed by atoms with Crippen LogP contribution in [0.1, 0.15) is 23.8 Å². The van der Waals surface area contributed by atoms with Crippen LogP contribution < -0.4 is 5.32 Å². The molecule has 1 aromatic heterocycles. The summed E-state index contributed by atoms with van der Waals surface area (Å²) in [5.74, 6) is 0.642. The van der Waals surface area contributed by atoms with Crippen molar-refractivity contribution in [2.75, 3.05) is 13.1 Å². The Kier molecular flexibility index (Phi) is 2.63. The zero-order valence-electron chi connectivity index (χ0n) is 6.72. The van der Waals surface area contributed by atoms with Crippen molar-refractivity contribution in [3.05, 3.63) is 15.5 Å². The van der Waals surface area contributed by atoms with E-state index in [0.29, 0.717) is 5.92 Å². The number of nitrogens with zero attached hydrogens (tertiary/aromatic N) is 1. The van der Waals surface area contributed by atoms with Crippen LogP contribution in [0.4, 0.5) is 0 Å². The molecule has 1 N–H and O–H groups in total. The van der Waals surface area contributed by atoms with Crippen molar-refractivity contribution < 1.29 is 0 Å². The zero-order valence-corrected chi connectivity index (χ0v) is 8.29. The van der Waals surface area contributed by atoms with Crippen LogP contribution >= 0.6 is 22.9 Å². The quantitative estimate of drug-likeness (QED) is 0.756. The molecular formula is C8H11ClN2S. The molecule has 2 rings (SSSR count). The molecule has 1 saturated heterocycles. The lowest BCUT2D eigenvalue weighted by Gasteiger charge is -2.20. The molecule has 12 heavy (non-hydrogen) atoms.